The maximum atomic E-state index is 12.0. The van der Waals surface area contributed by atoms with Crippen LogP contribution in [-0.4, -0.2) is 52.8 Å². The number of amides is 2. The van der Waals surface area contributed by atoms with E-state index in [1.165, 1.54) is 0 Å². The van der Waals surface area contributed by atoms with Gasteiger partial charge in [0.15, 0.2) is 0 Å². The fraction of sp³-hybridized carbons (Fsp3) is 0.769. The molecule has 0 radical (unpaired) electrons. The van der Waals surface area contributed by atoms with Crippen LogP contribution in [0.2, 0.25) is 0 Å². The van der Waals surface area contributed by atoms with Crippen LogP contribution >= 0.6 is 7.37 Å². The molecule has 0 aliphatic heterocycles. The van der Waals surface area contributed by atoms with Crippen molar-refractivity contribution in [2.24, 2.45) is 11.7 Å². The molecule has 2 unspecified atom stereocenters. The standard InChI is InChI=1S/C13H26N3O6P/c1-8(2)6-10(12(18)15-7-23(3,21)22)16-11(17)5-4-9(14)13(19)20/h8-10H,4-7,14H2,1-3H3,(H,15,18)(H,16,17)(H,19,20)(H,21,22)/t9?,10-/m0/s1. The molecule has 10 heteroatoms. The van der Waals surface area contributed by atoms with Gasteiger partial charge in [0.25, 0.3) is 0 Å². The molecule has 0 heterocycles. The second kappa shape index (κ2) is 9.64. The van der Waals surface area contributed by atoms with Gasteiger partial charge in [-0.2, -0.15) is 0 Å². The van der Waals surface area contributed by atoms with Crippen LogP contribution in [-0.2, 0) is 18.9 Å². The molecule has 0 aromatic carbocycles. The minimum atomic E-state index is -3.39. The lowest BCUT2D eigenvalue weighted by Gasteiger charge is -2.21. The molecule has 0 aromatic rings. The Kier molecular flexibility index (Phi) is 9.04. The molecule has 0 rings (SSSR count). The van der Waals surface area contributed by atoms with E-state index >= 15 is 0 Å². The zero-order chi connectivity index (χ0) is 18.2. The molecule has 6 N–H and O–H groups in total. The van der Waals surface area contributed by atoms with Gasteiger partial charge in [0.2, 0.25) is 19.2 Å². The van der Waals surface area contributed by atoms with Crippen molar-refractivity contribution in [3.05, 3.63) is 0 Å². The van der Waals surface area contributed by atoms with Crippen molar-refractivity contribution >= 4 is 25.2 Å². The van der Waals surface area contributed by atoms with Crippen molar-refractivity contribution in [3.63, 3.8) is 0 Å². The minimum Gasteiger partial charge on any atom is -0.480 e. The summed E-state index contributed by atoms with van der Waals surface area (Å²) in [4.78, 5) is 43.6. The maximum absolute atomic E-state index is 12.0. The Morgan fingerprint density at radius 3 is 2.26 bits per heavy atom. The smallest absolute Gasteiger partial charge is 0.320 e. The van der Waals surface area contributed by atoms with Gasteiger partial charge in [0, 0.05) is 13.1 Å². The average Bonchev–Trinajstić information content (AvgIpc) is 2.39. The summed E-state index contributed by atoms with van der Waals surface area (Å²) in [6.07, 6.45) is -0.193. The number of nitrogens with two attached hydrogens (primary N) is 1. The number of carboxylic acid groups (broad SMARTS) is 1. The summed E-state index contributed by atoms with van der Waals surface area (Å²) in [5.74, 6) is -2.14. The molecule has 0 aliphatic rings. The van der Waals surface area contributed by atoms with Crippen LogP contribution in [0.1, 0.15) is 33.1 Å². The molecule has 9 nitrogen and oxygen atoms in total. The van der Waals surface area contributed by atoms with Gasteiger partial charge in [0.1, 0.15) is 12.1 Å². The van der Waals surface area contributed by atoms with Crippen LogP contribution in [0.25, 0.3) is 0 Å². The van der Waals surface area contributed by atoms with Crippen molar-refractivity contribution in [1.82, 2.24) is 10.6 Å². The molecule has 134 valence electrons. The van der Waals surface area contributed by atoms with E-state index in [4.69, 9.17) is 10.8 Å². The molecular formula is C13H26N3O6P. The van der Waals surface area contributed by atoms with Crippen LogP contribution in [0.4, 0.5) is 0 Å². The number of carboxylic acids is 1. The van der Waals surface area contributed by atoms with Gasteiger partial charge in [-0.25, -0.2) is 0 Å². The number of carbonyl (C=O) groups is 3. The maximum Gasteiger partial charge on any atom is 0.320 e. The molecule has 0 fully saturated rings. The Hall–Kier alpha value is -1.44. The third kappa shape index (κ3) is 10.8. The van der Waals surface area contributed by atoms with Crippen molar-refractivity contribution in [2.75, 3.05) is 13.0 Å². The first kappa shape index (κ1) is 21.6. The van der Waals surface area contributed by atoms with Crippen molar-refractivity contribution in [2.45, 2.75) is 45.2 Å². The lowest BCUT2D eigenvalue weighted by Crippen LogP contribution is -2.47. The topological polar surface area (TPSA) is 159 Å². The molecular weight excluding hydrogens is 325 g/mol. The molecule has 0 spiro atoms. The number of rotatable bonds is 10. The number of hydrogen-bond donors (Lipinski definition) is 5. The Labute approximate surface area is 135 Å². The second-order valence-corrected chi connectivity index (χ2v) is 8.40. The largest absolute Gasteiger partial charge is 0.480 e. The highest BCUT2D eigenvalue weighted by Crippen LogP contribution is 2.32. The first-order chi connectivity index (χ1) is 10.4. The summed E-state index contributed by atoms with van der Waals surface area (Å²) in [5, 5.41) is 13.5. The number of carbonyl (C=O) groups excluding carboxylic acids is 2. The van der Waals surface area contributed by atoms with Gasteiger partial charge in [-0.1, -0.05) is 13.8 Å². The molecule has 2 amide bonds. The normalized spacial score (nSPS) is 16.3. The van der Waals surface area contributed by atoms with Crippen LogP contribution in [0.5, 0.6) is 0 Å². The molecule has 0 aliphatic carbocycles. The van der Waals surface area contributed by atoms with Gasteiger partial charge < -0.3 is 26.4 Å². The van der Waals surface area contributed by atoms with E-state index in [1.807, 2.05) is 13.8 Å². The monoisotopic (exact) mass is 351 g/mol. The Bertz CT molecular complexity index is 476. The van der Waals surface area contributed by atoms with Crippen molar-refractivity contribution in [1.29, 1.82) is 0 Å². The summed E-state index contributed by atoms with van der Waals surface area (Å²) in [6, 6.07) is -1.99. The van der Waals surface area contributed by atoms with Crippen molar-refractivity contribution < 1.29 is 28.9 Å². The second-order valence-electron chi connectivity index (χ2n) is 5.98. The number of aliphatic carboxylic acids is 1. The van der Waals surface area contributed by atoms with Crippen LogP contribution in [0.15, 0.2) is 0 Å². The van der Waals surface area contributed by atoms with E-state index < -0.39 is 37.2 Å². The summed E-state index contributed by atoms with van der Waals surface area (Å²) in [5.41, 5.74) is 5.31. The zero-order valence-electron chi connectivity index (χ0n) is 13.6. The van der Waals surface area contributed by atoms with Crippen molar-refractivity contribution in [3.8, 4) is 0 Å². The van der Waals surface area contributed by atoms with E-state index in [-0.39, 0.29) is 25.0 Å². The third-order valence-corrected chi connectivity index (χ3v) is 3.65. The van der Waals surface area contributed by atoms with Gasteiger partial charge in [-0.05, 0) is 18.8 Å². The van der Waals surface area contributed by atoms with Gasteiger partial charge in [0.05, 0.1) is 6.29 Å². The Balaban J connectivity index is 4.59. The number of hydrogen-bond acceptors (Lipinski definition) is 5. The van der Waals surface area contributed by atoms with Gasteiger partial charge in [-0.3, -0.25) is 18.9 Å². The highest BCUT2D eigenvalue weighted by molar-refractivity contribution is 7.57. The molecule has 0 saturated carbocycles. The van der Waals surface area contributed by atoms with Crippen LogP contribution in [0.3, 0.4) is 0 Å². The minimum absolute atomic E-state index is 0.0437. The molecule has 3 atom stereocenters. The number of nitrogens with one attached hydrogen (secondary N) is 2. The van der Waals surface area contributed by atoms with E-state index in [0.29, 0.717) is 6.42 Å². The van der Waals surface area contributed by atoms with E-state index in [1.54, 1.807) is 0 Å². The van der Waals surface area contributed by atoms with E-state index in [2.05, 4.69) is 10.6 Å². The van der Waals surface area contributed by atoms with Crippen LogP contribution in [0, 0.1) is 5.92 Å². The first-order valence-corrected chi connectivity index (χ1v) is 9.56. The lowest BCUT2D eigenvalue weighted by atomic mass is 10.0. The third-order valence-electron chi connectivity index (χ3n) is 2.91. The SMILES string of the molecule is CC(C)C[C@H](NC(=O)CCC(N)C(=O)O)C(=O)NCP(C)(=O)O. The quantitative estimate of drug-likeness (QED) is 0.337. The molecule has 0 bridgehead atoms. The predicted molar refractivity (Wildman–Crippen MR) is 85.0 cm³/mol. The Morgan fingerprint density at radius 1 is 1.26 bits per heavy atom. The van der Waals surface area contributed by atoms with Crippen LogP contribution < -0.4 is 16.4 Å². The predicted octanol–water partition coefficient (Wildman–Crippen LogP) is -0.317. The summed E-state index contributed by atoms with van der Waals surface area (Å²) < 4.78 is 11.2. The highest BCUT2D eigenvalue weighted by Gasteiger charge is 2.24. The summed E-state index contributed by atoms with van der Waals surface area (Å²) in [6.45, 7) is 4.85. The lowest BCUT2D eigenvalue weighted by molar-refractivity contribution is -0.138. The Morgan fingerprint density at radius 2 is 1.83 bits per heavy atom. The fourth-order valence-corrected chi connectivity index (χ4v) is 2.18. The zero-order valence-corrected chi connectivity index (χ0v) is 14.5. The molecule has 0 aromatic heterocycles. The van der Waals surface area contributed by atoms with Gasteiger partial charge in [-0.15, -0.1) is 0 Å². The van der Waals surface area contributed by atoms with E-state index in [9.17, 15) is 23.8 Å². The molecule has 23 heavy (non-hydrogen) atoms. The van der Waals surface area contributed by atoms with Gasteiger partial charge >= 0.3 is 5.97 Å². The highest BCUT2D eigenvalue weighted by atomic mass is 31.2. The fourth-order valence-electron chi connectivity index (χ4n) is 1.73. The summed E-state index contributed by atoms with van der Waals surface area (Å²) in [7, 11) is -3.39. The first-order valence-electron chi connectivity index (χ1n) is 7.27. The van der Waals surface area contributed by atoms with E-state index in [0.717, 1.165) is 6.66 Å². The average molecular weight is 351 g/mol. The summed E-state index contributed by atoms with van der Waals surface area (Å²) >= 11 is 0. The molecule has 0 saturated heterocycles.